The highest BCUT2D eigenvalue weighted by Crippen LogP contribution is 2.28. The summed E-state index contributed by atoms with van der Waals surface area (Å²) in [6.45, 7) is 2.19. The second-order valence-electron chi connectivity index (χ2n) is 3.09. The average Bonchev–Trinajstić information content (AvgIpc) is 2.09. The molecule has 11 heavy (non-hydrogen) atoms. The molecule has 1 fully saturated rings. The molecule has 1 saturated heterocycles. The highest BCUT2D eigenvalue weighted by Gasteiger charge is 2.21. The average molecular weight is 174 g/mol. The molecule has 0 radical (unpaired) electrons. The fraction of sp³-hybridized carbons (Fsp3) is 1.00. The molecule has 0 aromatic carbocycles. The molecule has 0 saturated carbocycles. The van der Waals surface area contributed by atoms with Crippen LogP contribution in [0.15, 0.2) is 0 Å². The van der Waals surface area contributed by atoms with E-state index in [9.17, 15) is 0 Å². The SMILES string of the molecule is CCC(NN)C1CCCCS1. The van der Waals surface area contributed by atoms with Gasteiger partial charge in [-0.25, -0.2) is 0 Å². The van der Waals surface area contributed by atoms with Gasteiger partial charge in [0.25, 0.3) is 0 Å². The van der Waals surface area contributed by atoms with Crippen LogP contribution in [0.4, 0.5) is 0 Å². The number of hydrogen-bond donors (Lipinski definition) is 2. The van der Waals surface area contributed by atoms with E-state index in [4.69, 9.17) is 5.84 Å². The zero-order chi connectivity index (χ0) is 8.10. The van der Waals surface area contributed by atoms with Crippen LogP contribution in [0.3, 0.4) is 0 Å². The summed E-state index contributed by atoms with van der Waals surface area (Å²) in [5.41, 5.74) is 2.90. The molecule has 3 N–H and O–H groups in total. The van der Waals surface area contributed by atoms with Crippen molar-refractivity contribution in [3.8, 4) is 0 Å². The van der Waals surface area contributed by atoms with E-state index < -0.39 is 0 Å². The van der Waals surface area contributed by atoms with Crippen LogP contribution in [0.2, 0.25) is 0 Å². The molecule has 3 heteroatoms. The molecule has 2 unspecified atom stereocenters. The van der Waals surface area contributed by atoms with E-state index in [-0.39, 0.29) is 0 Å². The highest BCUT2D eigenvalue weighted by atomic mass is 32.2. The lowest BCUT2D eigenvalue weighted by Gasteiger charge is -2.28. The largest absolute Gasteiger partial charge is 0.271 e. The summed E-state index contributed by atoms with van der Waals surface area (Å²) < 4.78 is 0. The Kier molecular flexibility index (Phi) is 4.26. The van der Waals surface area contributed by atoms with Crippen LogP contribution in [0, 0.1) is 0 Å². The predicted molar refractivity (Wildman–Crippen MR) is 51.5 cm³/mol. The van der Waals surface area contributed by atoms with Gasteiger partial charge in [-0.2, -0.15) is 11.8 Å². The van der Waals surface area contributed by atoms with Gasteiger partial charge in [0.05, 0.1) is 0 Å². The minimum atomic E-state index is 0.528. The van der Waals surface area contributed by atoms with Crippen LogP contribution in [0.25, 0.3) is 0 Å². The summed E-state index contributed by atoms with van der Waals surface area (Å²) in [5.74, 6) is 6.77. The van der Waals surface area contributed by atoms with Gasteiger partial charge in [-0.3, -0.25) is 11.3 Å². The summed E-state index contributed by atoms with van der Waals surface area (Å²) in [7, 11) is 0. The van der Waals surface area contributed by atoms with Crippen molar-refractivity contribution in [2.24, 2.45) is 5.84 Å². The van der Waals surface area contributed by atoms with Crippen LogP contribution in [-0.4, -0.2) is 17.0 Å². The molecular weight excluding hydrogens is 156 g/mol. The van der Waals surface area contributed by atoms with Gasteiger partial charge in [-0.05, 0) is 25.0 Å². The van der Waals surface area contributed by atoms with Crippen molar-refractivity contribution in [1.29, 1.82) is 0 Å². The Hall–Kier alpha value is 0.270. The molecule has 66 valence electrons. The third-order valence-electron chi connectivity index (χ3n) is 2.32. The first kappa shape index (κ1) is 9.36. The molecule has 0 bridgehead atoms. The van der Waals surface area contributed by atoms with Gasteiger partial charge in [0, 0.05) is 11.3 Å². The van der Waals surface area contributed by atoms with Crippen LogP contribution >= 0.6 is 11.8 Å². The first-order valence-electron chi connectivity index (χ1n) is 4.46. The first-order chi connectivity index (χ1) is 5.38. The van der Waals surface area contributed by atoms with Crippen LogP contribution in [0.5, 0.6) is 0 Å². The molecule has 0 aromatic heterocycles. The van der Waals surface area contributed by atoms with Crippen molar-refractivity contribution in [2.75, 3.05) is 5.75 Å². The molecule has 0 spiro atoms. The Balaban J connectivity index is 2.30. The summed E-state index contributed by atoms with van der Waals surface area (Å²) >= 11 is 2.08. The van der Waals surface area contributed by atoms with Gasteiger partial charge in [-0.1, -0.05) is 13.3 Å². The van der Waals surface area contributed by atoms with E-state index in [0.717, 1.165) is 11.7 Å². The number of hydrogen-bond acceptors (Lipinski definition) is 3. The van der Waals surface area contributed by atoms with Crippen molar-refractivity contribution in [3.63, 3.8) is 0 Å². The van der Waals surface area contributed by atoms with E-state index >= 15 is 0 Å². The Morgan fingerprint density at radius 3 is 2.91 bits per heavy atom. The number of hydrazine groups is 1. The molecule has 1 heterocycles. The van der Waals surface area contributed by atoms with Crippen LogP contribution < -0.4 is 11.3 Å². The number of nitrogens with one attached hydrogen (secondary N) is 1. The maximum atomic E-state index is 5.45. The molecule has 1 aliphatic rings. The standard InChI is InChI=1S/C8H18N2S/c1-2-7(10-9)8-5-3-4-6-11-8/h7-8,10H,2-6,9H2,1H3. The minimum Gasteiger partial charge on any atom is -0.271 e. The molecule has 0 aromatic rings. The quantitative estimate of drug-likeness (QED) is 0.503. The number of rotatable bonds is 3. The smallest absolute Gasteiger partial charge is 0.0326 e. The van der Waals surface area contributed by atoms with E-state index in [1.165, 1.54) is 25.0 Å². The zero-order valence-corrected chi connectivity index (χ0v) is 7.99. The van der Waals surface area contributed by atoms with E-state index in [1.54, 1.807) is 0 Å². The number of nitrogens with two attached hydrogens (primary N) is 1. The van der Waals surface area contributed by atoms with Crippen molar-refractivity contribution in [1.82, 2.24) is 5.43 Å². The lowest BCUT2D eigenvalue weighted by molar-refractivity contribution is 0.463. The summed E-state index contributed by atoms with van der Waals surface area (Å²) in [5, 5.41) is 0.763. The molecule has 1 aliphatic heterocycles. The second-order valence-corrected chi connectivity index (χ2v) is 4.43. The Bertz CT molecular complexity index is 98.3. The van der Waals surface area contributed by atoms with E-state index in [1.807, 2.05) is 0 Å². The normalized spacial score (nSPS) is 28.4. The van der Waals surface area contributed by atoms with Crippen LogP contribution in [0.1, 0.15) is 32.6 Å². The predicted octanol–water partition coefficient (Wildman–Crippen LogP) is 1.51. The Morgan fingerprint density at radius 1 is 1.64 bits per heavy atom. The van der Waals surface area contributed by atoms with Crippen LogP contribution in [-0.2, 0) is 0 Å². The van der Waals surface area contributed by atoms with Crippen molar-refractivity contribution in [3.05, 3.63) is 0 Å². The topological polar surface area (TPSA) is 38.0 Å². The maximum absolute atomic E-state index is 5.45. The molecule has 2 atom stereocenters. The Labute approximate surface area is 73.3 Å². The van der Waals surface area contributed by atoms with Crippen molar-refractivity contribution >= 4 is 11.8 Å². The summed E-state index contributed by atoms with van der Waals surface area (Å²) in [6.07, 6.45) is 5.26. The van der Waals surface area contributed by atoms with Gasteiger partial charge in [0.15, 0.2) is 0 Å². The van der Waals surface area contributed by atoms with Gasteiger partial charge in [0.1, 0.15) is 0 Å². The third kappa shape index (κ3) is 2.65. The van der Waals surface area contributed by atoms with E-state index in [2.05, 4.69) is 24.1 Å². The van der Waals surface area contributed by atoms with Gasteiger partial charge < -0.3 is 0 Å². The monoisotopic (exact) mass is 174 g/mol. The molecule has 1 rings (SSSR count). The fourth-order valence-corrected chi connectivity index (χ4v) is 3.08. The molecule has 2 nitrogen and oxygen atoms in total. The summed E-state index contributed by atoms with van der Waals surface area (Å²) in [6, 6.07) is 0.528. The van der Waals surface area contributed by atoms with Gasteiger partial charge in [-0.15, -0.1) is 0 Å². The van der Waals surface area contributed by atoms with Crippen molar-refractivity contribution in [2.45, 2.75) is 43.9 Å². The van der Waals surface area contributed by atoms with E-state index in [0.29, 0.717) is 6.04 Å². The van der Waals surface area contributed by atoms with Crippen molar-refractivity contribution < 1.29 is 0 Å². The lowest BCUT2D eigenvalue weighted by Crippen LogP contribution is -2.42. The minimum absolute atomic E-state index is 0.528. The lowest BCUT2D eigenvalue weighted by atomic mass is 10.1. The molecular formula is C8H18N2S. The van der Waals surface area contributed by atoms with Gasteiger partial charge in [0.2, 0.25) is 0 Å². The highest BCUT2D eigenvalue weighted by molar-refractivity contribution is 8.00. The second kappa shape index (κ2) is 5.01. The first-order valence-corrected chi connectivity index (χ1v) is 5.51. The fourth-order valence-electron chi connectivity index (χ4n) is 1.57. The molecule has 0 aliphatic carbocycles. The zero-order valence-electron chi connectivity index (χ0n) is 7.18. The van der Waals surface area contributed by atoms with Gasteiger partial charge >= 0.3 is 0 Å². The molecule has 0 amide bonds. The Morgan fingerprint density at radius 2 is 2.45 bits per heavy atom. The number of thioether (sulfide) groups is 1. The summed E-state index contributed by atoms with van der Waals surface area (Å²) in [4.78, 5) is 0. The third-order valence-corrected chi connectivity index (χ3v) is 3.83. The maximum Gasteiger partial charge on any atom is 0.0326 e.